The molecule has 5 heteroatoms. The number of likely N-dealkylation sites (tertiary alicyclic amines) is 1. The Kier molecular flexibility index (Phi) is 8.05. The van der Waals surface area contributed by atoms with Gasteiger partial charge in [0.15, 0.2) is 0 Å². The van der Waals surface area contributed by atoms with Gasteiger partial charge in [0.1, 0.15) is 0 Å². The van der Waals surface area contributed by atoms with E-state index in [9.17, 15) is 13.2 Å². The first-order valence-electron chi connectivity index (χ1n) is 8.75. The molecule has 146 valence electrons. The van der Waals surface area contributed by atoms with E-state index in [0.717, 1.165) is 43.7 Å². The molecule has 1 saturated heterocycles. The number of hydrogen-bond donors (Lipinski definition) is 0. The van der Waals surface area contributed by atoms with Gasteiger partial charge in [-0.3, -0.25) is 4.90 Å². The average Bonchev–Trinajstić information content (AvgIpc) is 2.58. The maximum atomic E-state index is 12.8. The Bertz CT molecular complexity index is 694. The van der Waals surface area contributed by atoms with Crippen LogP contribution in [0.1, 0.15) is 26.2 Å². The highest BCUT2D eigenvalue weighted by Crippen LogP contribution is 2.34. The van der Waals surface area contributed by atoms with E-state index in [1.54, 1.807) is 12.2 Å². The second-order valence-corrected chi connectivity index (χ2v) is 7.27. The molecule has 0 aliphatic carbocycles. The molecule has 0 spiro atoms. The Balaban J connectivity index is 2.57. The number of allylic oxidation sites excluding steroid dienone is 6. The van der Waals surface area contributed by atoms with Gasteiger partial charge in [-0.25, -0.2) is 0 Å². The maximum absolute atomic E-state index is 12.8. The molecule has 1 heterocycles. The minimum absolute atomic E-state index is 0.0854. The first kappa shape index (κ1) is 22.7. The monoisotopic (exact) mass is 376 g/mol. The first-order chi connectivity index (χ1) is 12.5. The van der Waals surface area contributed by atoms with Crippen LogP contribution in [0.2, 0.25) is 0 Å². The Hall–Kier alpha value is -2.32. The van der Waals surface area contributed by atoms with E-state index in [2.05, 4.69) is 44.2 Å². The molecule has 0 bridgehead atoms. The van der Waals surface area contributed by atoms with E-state index >= 15 is 0 Å². The molecular weight excluding hydrogens is 349 g/mol. The molecule has 0 atom stereocenters. The predicted octanol–water partition coefficient (Wildman–Crippen LogP) is 5.90. The number of nitrogens with zero attached hydrogens (tertiary/aromatic N) is 2. The number of halogens is 3. The van der Waals surface area contributed by atoms with Crippen LogP contribution in [0, 0.1) is 16.7 Å². The highest BCUT2D eigenvalue weighted by atomic mass is 19.4. The van der Waals surface area contributed by atoms with Crippen molar-refractivity contribution >= 4 is 0 Å². The molecule has 0 aromatic heterocycles. The fourth-order valence-corrected chi connectivity index (χ4v) is 2.82. The standard InChI is InChI=1S/C22H27F3N2/c1-6-20(22(23,24)25)15-19(4)18(3)8-7-17(2)16-27-13-10-21(5,9-12-26)11-14-27/h6-8,15H,1-4,9-11,13-14,16H2,5H3/b8-7-,20-15+. The molecule has 0 radical (unpaired) electrons. The van der Waals surface area contributed by atoms with Crippen LogP contribution in [0.15, 0.2) is 72.9 Å². The molecule has 1 aliphatic rings. The Morgan fingerprint density at radius 2 is 1.74 bits per heavy atom. The third-order valence-electron chi connectivity index (χ3n) is 4.81. The van der Waals surface area contributed by atoms with E-state index in [4.69, 9.17) is 5.26 Å². The largest absolute Gasteiger partial charge is 0.416 e. The lowest BCUT2D eigenvalue weighted by molar-refractivity contribution is -0.0881. The van der Waals surface area contributed by atoms with Crippen molar-refractivity contribution in [2.45, 2.75) is 32.4 Å². The Morgan fingerprint density at radius 3 is 2.22 bits per heavy atom. The summed E-state index contributed by atoms with van der Waals surface area (Å²) in [7, 11) is 0. The van der Waals surface area contributed by atoms with E-state index < -0.39 is 11.7 Å². The summed E-state index contributed by atoms with van der Waals surface area (Å²) in [6.07, 6.45) is 3.11. The van der Waals surface area contributed by atoms with Crippen LogP contribution >= 0.6 is 0 Å². The number of nitriles is 1. The third kappa shape index (κ3) is 7.44. The summed E-state index contributed by atoms with van der Waals surface area (Å²) >= 11 is 0. The van der Waals surface area contributed by atoms with E-state index in [0.29, 0.717) is 18.5 Å². The van der Waals surface area contributed by atoms with Crippen LogP contribution in [0.25, 0.3) is 0 Å². The summed E-state index contributed by atoms with van der Waals surface area (Å²) in [6.45, 7) is 19.2. The number of piperidine rings is 1. The molecule has 0 aromatic carbocycles. The molecule has 0 aromatic rings. The second kappa shape index (κ2) is 9.57. The van der Waals surface area contributed by atoms with Crippen molar-refractivity contribution < 1.29 is 13.2 Å². The van der Waals surface area contributed by atoms with Crippen LogP contribution in [-0.4, -0.2) is 30.7 Å². The number of hydrogen-bond acceptors (Lipinski definition) is 2. The van der Waals surface area contributed by atoms with Crippen molar-refractivity contribution in [1.29, 1.82) is 5.26 Å². The zero-order valence-corrected chi connectivity index (χ0v) is 15.9. The van der Waals surface area contributed by atoms with Crippen LogP contribution < -0.4 is 0 Å². The van der Waals surface area contributed by atoms with E-state index in [1.165, 1.54) is 0 Å². The molecule has 0 unspecified atom stereocenters. The summed E-state index contributed by atoms with van der Waals surface area (Å²) in [5.41, 5.74) is 0.643. The second-order valence-electron chi connectivity index (χ2n) is 7.27. The summed E-state index contributed by atoms with van der Waals surface area (Å²) in [6, 6.07) is 2.26. The molecule has 2 nitrogen and oxygen atoms in total. The molecule has 0 amide bonds. The van der Waals surface area contributed by atoms with Gasteiger partial charge >= 0.3 is 6.18 Å². The minimum Gasteiger partial charge on any atom is -0.299 e. The van der Waals surface area contributed by atoms with Crippen LogP contribution in [0.5, 0.6) is 0 Å². The summed E-state index contributed by atoms with van der Waals surface area (Å²) < 4.78 is 38.3. The van der Waals surface area contributed by atoms with Gasteiger partial charge in [0.25, 0.3) is 0 Å². The van der Waals surface area contributed by atoms with E-state index in [1.807, 2.05) is 0 Å². The van der Waals surface area contributed by atoms with Gasteiger partial charge < -0.3 is 0 Å². The van der Waals surface area contributed by atoms with Crippen molar-refractivity contribution in [1.82, 2.24) is 4.90 Å². The van der Waals surface area contributed by atoms with Gasteiger partial charge in [0.2, 0.25) is 0 Å². The normalized spacial score (nSPS) is 18.1. The molecule has 0 saturated carbocycles. The van der Waals surface area contributed by atoms with Gasteiger partial charge in [0, 0.05) is 13.0 Å². The van der Waals surface area contributed by atoms with Crippen molar-refractivity contribution in [2.24, 2.45) is 5.41 Å². The first-order valence-corrected chi connectivity index (χ1v) is 8.75. The smallest absolute Gasteiger partial charge is 0.299 e. The Labute approximate surface area is 160 Å². The Morgan fingerprint density at radius 1 is 1.15 bits per heavy atom. The van der Waals surface area contributed by atoms with Crippen LogP contribution in [0.3, 0.4) is 0 Å². The quantitative estimate of drug-likeness (QED) is 0.493. The van der Waals surface area contributed by atoms with Crippen LogP contribution in [-0.2, 0) is 0 Å². The van der Waals surface area contributed by atoms with Gasteiger partial charge in [-0.2, -0.15) is 18.4 Å². The molecule has 1 fully saturated rings. The minimum atomic E-state index is -4.47. The van der Waals surface area contributed by atoms with Crippen molar-refractivity contribution in [3.05, 3.63) is 72.9 Å². The zero-order chi connectivity index (χ0) is 20.7. The lowest BCUT2D eigenvalue weighted by Crippen LogP contribution is -2.39. The fourth-order valence-electron chi connectivity index (χ4n) is 2.82. The summed E-state index contributed by atoms with van der Waals surface area (Å²) in [5.74, 6) is 0. The highest BCUT2D eigenvalue weighted by Gasteiger charge is 2.31. The van der Waals surface area contributed by atoms with Crippen molar-refractivity contribution in [3.8, 4) is 6.07 Å². The zero-order valence-electron chi connectivity index (χ0n) is 15.9. The van der Waals surface area contributed by atoms with Gasteiger partial charge in [-0.1, -0.05) is 51.5 Å². The third-order valence-corrected chi connectivity index (χ3v) is 4.81. The fraction of sp³-hybridized carbons (Fsp3) is 0.409. The van der Waals surface area contributed by atoms with Crippen molar-refractivity contribution in [2.75, 3.05) is 19.6 Å². The predicted molar refractivity (Wildman–Crippen MR) is 105 cm³/mol. The highest BCUT2D eigenvalue weighted by molar-refractivity contribution is 5.47. The number of rotatable bonds is 8. The summed E-state index contributed by atoms with van der Waals surface area (Å²) in [5, 5.41) is 8.90. The van der Waals surface area contributed by atoms with Crippen LogP contribution in [0.4, 0.5) is 13.2 Å². The SMILES string of the molecule is C=C/C(=C\C(=C)C(=C)/C=C\C(=C)CN1CCC(C)(CC#N)CC1)C(F)(F)F. The van der Waals surface area contributed by atoms with Crippen molar-refractivity contribution in [3.63, 3.8) is 0 Å². The molecule has 27 heavy (non-hydrogen) atoms. The number of alkyl halides is 3. The van der Waals surface area contributed by atoms with E-state index in [-0.39, 0.29) is 11.0 Å². The lowest BCUT2D eigenvalue weighted by Gasteiger charge is -2.38. The average molecular weight is 376 g/mol. The molecule has 1 aliphatic heterocycles. The lowest BCUT2D eigenvalue weighted by atomic mass is 9.78. The van der Waals surface area contributed by atoms with Gasteiger partial charge in [-0.15, -0.1) is 0 Å². The maximum Gasteiger partial charge on any atom is 0.416 e. The molecule has 1 rings (SSSR count). The topological polar surface area (TPSA) is 27.0 Å². The summed E-state index contributed by atoms with van der Waals surface area (Å²) in [4.78, 5) is 2.27. The molecule has 0 N–H and O–H groups in total. The van der Waals surface area contributed by atoms with Gasteiger partial charge in [0.05, 0.1) is 11.6 Å². The molecular formula is C22H27F3N2. The van der Waals surface area contributed by atoms with Gasteiger partial charge in [-0.05, 0) is 54.1 Å².